The Kier molecular flexibility index (Phi) is 9.29. The van der Waals surface area contributed by atoms with E-state index in [4.69, 9.17) is 9.47 Å². The number of methoxy groups -OCH3 is 1. The van der Waals surface area contributed by atoms with Crippen LogP contribution in [0.5, 0.6) is 17.4 Å². The Labute approximate surface area is 252 Å². The number of urea groups is 1. The zero-order chi connectivity index (χ0) is 31.4. The molecular formula is C31H38N6O5S. The van der Waals surface area contributed by atoms with Crippen LogP contribution in [0.4, 0.5) is 27.8 Å². The molecule has 0 radical (unpaired) electrons. The Hall–Kier alpha value is -4.58. The summed E-state index contributed by atoms with van der Waals surface area (Å²) in [5.74, 6) is 2.05. The van der Waals surface area contributed by atoms with Crippen LogP contribution in [0.1, 0.15) is 40.2 Å². The molecule has 0 unspecified atom stereocenters. The van der Waals surface area contributed by atoms with Gasteiger partial charge in [-0.05, 0) is 41.2 Å². The Morgan fingerprint density at radius 1 is 0.953 bits per heavy atom. The Morgan fingerprint density at radius 3 is 2.28 bits per heavy atom. The van der Waals surface area contributed by atoms with Gasteiger partial charge in [0.2, 0.25) is 21.9 Å². The highest BCUT2D eigenvalue weighted by atomic mass is 32.2. The number of anilines is 4. The lowest BCUT2D eigenvalue weighted by Crippen LogP contribution is -2.22. The van der Waals surface area contributed by atoms with E-state index < -0.39 is 16.1 Å². The van der Waals surface area contributed by atoms with Crippen molar-refractivity contribution in [2.45, 2.75) is 40.0 Å². The van der Waals surface area contributed by atoms with Gasteiger partial charge < -0.3 is 25.4 Å². The van der Waals surface area contributed by atoms with Crippen LogP contribution in [0.2, 0.25) is 0 Å². The van der Waals surface area contributed by atoms with Crippen LogP contribution in [0.25, 0.3) is 10.8 Å². The molecule has 3 aromatic carbocycles. The van der Waals surface area contributed by atoms with Gasteiger partial charge in [0.1, 0.15) is 5.75 Å². The number of carbonyl (C=O) groups excluding carboxylic acids is 1. The lowest BCUT2D eigenvalue weighted by molar-refractivity contribution is 0.262. The molecular weight excluding hydrogens is 568 g/mol. The van der Waals surface area contributed by atoms with Crippen molar-refractivity contribution in [1.82, 2.24) is 9.97 Å². The number of sulfonamides is 1. The minimum absolute atomic E-state index is 0.189. The Bertz CT molecular complexity index is 1730. The summed E-state index contributed by atoms with van der Waals surface area (Å²) < 4.78 is 38.3. The normalized spacial score (nSPS) is 11.7. The number of carbonyl (C=O) groups is 1. The third-order valence-electron chi connectivity index (χ3n) is 6.35. The molecule has 1 heterocycles. The van der Waals surface area contributed by atoms with Crippen molar-refractivity contribution in [3.05, 3.63) is 66.4 Å². The highest BCUT2D eigenvalue weighted by Gasteiger charge is 2.22. The van der Waals surface area contributed by atoms with Crippen molar-refractivity contribution >= 4 is 49.8 Å². The predicted molar refractivity (Wildman–Crippen MR) is 172 cm³/mol. The highest BCUT2D eigenvalue weighted by molar-refractivity contribution is 7.92. The molecule has 4 aromatic rings. The summed E-state index contributed by atoms with van der Waals surface area (Å²) in [6.45, 7) is 10.9. The van der Waals surface area contributed by atoms with Crippen molar-refractivity contribution in [3.8, 4) is 17.4 Å². The first-order valence-electron chi connectivity index (χ1n) is 13.8. The second-order valence-corrected chi connectivity index (χ2v) is 13.3. The first-order valence-corrected chi connectivity index (χ1v) is 15.7. The monoisotopic (exact) mass is 606 g/mol. The molecule has 0 aliphatic carbocycles. The number of nitrogens with one attached hydrogen (secondary N) is 4. The van der Waals surface area contributed by atoms with E-state index in [9.17, 15) is 13.2 Å². The standard InChI is InChI=1S/C31H38N6O5S/c1-19(2)18-33-29-32-15-14-27(36-29)42-26-13-12-23(21-10-8-9-11-22(21)26)34-30(38)35-24-16-20(31(3,4)5)17-25(28(24)41-6)37-43(7,39)40/h8-17,19,37H,18H2,1-7H3,(H,32,33,36)(H2,34,35,38). The number of fused-ring (bicyclic) bond motifs is 1. The summed E-state index contributed by atoms with van der Waals surface area (Å²) in [4.78, 5) is 22.0. The zero-order valence-corrected chi connectivity index (χ0v) is 26.2. The van der Waals surface area contributed by atoms with Gasteiger partial charge in [-0.1, -0.05) is 58.9 Å². The van der Waals surface area contributed by atoms with Crippen LogP contribution in [-0.2, 0) is 15.4 Å². The van der Waals surface area contributed by atoms with Crippen LogP contribution in [0.15, 0.2) is 60.8 Å². The minimum atomic E-state index is -3.61. The fourth-order valence-corrected chi connectivity index (χ4v) is 4.84. The van der Waals surface area contributed by atoms with Gasteiger partial charge in [-0.2, -0.15) is 4.98 Å². The van der Waals surface area contributed by atoms with E-state index in [0.717, 1.165) is 29.1 Å². The van der Waals surface area contributed by atoms with Crippen LogP contribution in [0.3, 0.4) is 0 Å². The maximum atomic E-state index is 13.3. The van der Waals surface area contributed by atoms with Gasteiger partial charge >= 0.3 is 6.03 Å². The third kappa shape index (κ3) is 8.25. The molecule has 0 fully saturated rings. The Balaban J connectivity index is 1.62. The van der Waals surface area contributed by atoms with Crippen LogP contribution in [-0.4, -0.2) is 44.3 Å². The van der Waals surface area contributed by atoms with Gasteiger partial charge in [0.25, 0.3) is 0 Å². The topological polar surface area (TPSA) is 144 Å². The predicted octanol–water partition coefficient (Wildman–Crippen LogP) is 6.81. The largest absolute Gasteiger partial charge is 0.492 e. The molecule has 0 saturated heterocycles. The summed E-state index contributed by atoms with van der Waals surface area (Å²) in [7, 11) is -2.19. The first-order chi connectivity index (χ1) is 20.2. The molecule has 0 bridgehead atoms. The smallest absolute Gasteiger partial charge is 0.323 e. The van der Waals surface area contributed by atoms with Crippen molar-refractivity contribution in [2.75, 3.05) is 40.6 Å². The molecule has 4 rings (SSSR count). The molecule has 43 heavy (non-hydrogen) atoms. The average molecular weight is 607 g/mol. The first kappa shape index (κ1) is 31.4. The number of aromatic nitrogens is 2. The van der Waals surface area contributed by atoms with E-state index in [1.54, 1.807) is 36.5 Å². The van der Waals surface area contributed by atoms with Crippen molar-refractivity contribution < 1.29 is 22.7 Å². The van der Waals surface area contributed by atoms with E-state index in [-0.39, 0.29) is 16.9 Å². The number of amides is 2. The number of rotatable bonds is 10. The van der Waals surface area contributed by atoms with E-state index in [1.165, 1.54) is 7.11 Å². The highest BCUT2D eigenvalue weighted by Crippen LogP contribution is 2.39. The van der Waals surface area contributed by atoms with E-state index in [0.29, 0.717) is 34.9 Å². The number of ether oxygens (including phenoxy) is 2. The van der Waals surface area contributed by atoms with Crippen molar-refractivity contribution in [3.63, 3.8) is 0 Å². The zero-order valence-electron chi connectivity index (χ0n) is 25.4. The second-order valence-electron chi connectivity index (χ2n) is 11.6. The Morgan fingerprint density at radius 2 is 1.63 bits per heavy atom. The number of benzene rings is 3. The number of hydrogen-bond donors (Lipinski definition) is 4. The van der Waals surface area contributed by atoms with Gasteiger partial charge in [-0.15, -0.1) is 0 Å². The second kappa shape index (κ2) is 12.7. The molecule has 0 aliphatic rings. The van der Waals surface area contributed by atoms with Crippen molar-refractivity contribution in [1.29, 1.82) is 0 Å². The van der Waals surface area contributed by atoms with Gasteiger partial charge in [0.05, 0.1) is 30.4 Å². The van der Waals surface area contributed by atoms with Crippen LogP contribution >= 0.6 is 0 Å². The summed E-state index contributed by atoms with van der Waals surface area (Å²) in [6.07, 6.45) is 2.69. The van der Waals surface area contributed by atoms with Crippen molar-refractivity contribution in [2.24, 2.45) is 5.92 Å². The van der Waals surface area contributed by atoms with Gasteiger partial charge in [-0.3, -0.25) is 4.72 Å². The number of hydrogen-bond acceptors (Lipinski definition) is 8. The number of nitrogens with zero attached hydrogens (tertiary/aromatic N) is 2. The molecule has 12 heteroatoms. The molecule has 0 spiro atoms. The maximum Gasteiger partial charge on any atom is 0.323 e. The molecule has 0 saturated carbocycles. The molecule has 4 N–H and O–H groups in total. The van der Waals surface area contributed by atoms with Gasteiger partial charge in [0.15, 0.2) is 5.75 Å². The van der Waals surface area contributed by atoms with E-state index >= 15 is 0 Å². The van der Waals surface area contributed by atoms with Gasteiger partial charge in [0, 0.05) is 29.6 Å². The molecule has 2 amide bonds. The molecule has 11 nitrogen and oxygen atoms in total. The summed E-state index contributed by atoms with van der Waals surface area (Å²) in [5.41, 5.74) is 1.55. The third-order valence-corrected chi connectivity index (χ3v) is 6.94. The quantitative estimate of drug-likeness (QED) is 0.154. The van der Waals surface area contributed by atoms with Crippen LogP contribution < -0.4 is 30.1 Å². The van der Waals surface area contributed by atoms with E-state index in [2.05, 4.69) is 44.5 Å². The summed E-state index contributed by atoms with van der Waals surface area (Å²) >= 11 is 0. The molecule has 1 aromatic heterocycles. The van der Waals surface area contributed by atoms with E-state index in [1.807, 2.05) is 45.0 Å². The minimum Gasteiger partial charge on any atom is -0.492 e. The molecule has 0 aliphatic heterocycles. The average Bonchev–Trinajstić information content (AvgIpc) is 2.92. The summed E-state index contributed by atoms with van der Waals surface area (Å²) in [5, 5.41) is 10.4. The van der Waals surface area contributed by atoms with Gasteiger partial charge in [-0.25, -0.2) is 18.2 Å². The molecule has 0 atom stereocenters. The fraction of sp³-hybridized carbons (Fsp3) is 0.323. The summed E-state index contributed by atoms with van der Waals surface area (Å²) in [6, 6.07) is 15.6. The lowest BCUT2D eigenvalue weighted by atomic mass is 9.86. The lowest BCUT2D eigenvalue weighted by Gasteiger charge is -2.24. The fourth-order valence-electron chi connectivity index (χ4n) is 4.29. The SMILES string of the molecule is COc1c(NC(=O)Nc2ccc(Oc3ccnc(NCC(C)C)n3)c3ccccc23)cc(C(C)(C)C)cc1NS(C)(=O)=O. The van der Waals surface area contributed by atoms with Crippen LogP contribution in [0, 0.1) is 5.92 Å². The molecule has 228 valence electrons. The maximum absolute atomic E-state index is 13.3.